The molecule has 2 aliphatic rings. The number of halogens is 1. The minimum absolute atomic E-state index is 0.0943. The minimum atomic E-state index is -1.89. The Morgan fingerprint density at radius 2 is 2.06 bits per heavy atom. The summed E-state index contributed by atoms with van der Waals surface area (Å²) < 4.78 is 40.6. The number of nitriles is 1. The summed E-state index contributed by atoms with van der Waals surface area (Å²) >= 11 is -1.89. The molecule has 1 saturated heterocycles. The highest BCUT2D eigenvalue weighted by Gasteiger charge is 2.28. The van der Waals surface area contributed by atoms with Crippen molar-refractivity contribution in [2.75, 3.05) is 35.7 Å². The van der Waals surface area contributed by atoms with Crippen molar-refractivity contribution in [3.63, 3.8) is 0 Å². The molecule has 1 fully saturated rings. The molecule has 2 aliphatic heterocycles. The standard InChI is InChI=1S/C23H29FN6O3S/c1-15(2)26-22-23(28-20-13-29(14-34(31)32)8-7-19(20)27-22)30-9-5-17(6-10-30)33-21-4-3-16(12-25)11-18(21)24/h3-4,11,15,17H,5-10,13-14H2,1-2H3,(H,26,27)(H,31,32). The first kappa shape index (κ1) is 24.3. The molecule has 34 heavy (non-hydrogen) atoms. The van der Waals surface area contributed by atoms with Crippen LogP contribution in [0.1, 0.15) is 43.6 Å². The quantitative estimate of drug-likeness (QED) is 0.568. The van der Waals surface area contributed by atoms with Crippen LogP contribution in [-0.2, 0) is 24.0 Å². The van der Waals surface area contributed by atoms with Gasteiger partial charge < -0.3 is 19.5 Å². The summed E-state index contributed by atoms with van der Waals surface area (Å²) in [6, 6.07) is 6.35. The number of ether oxygens (including phenoxy) is 1. The topological polar surface area (TPSA) is 115 Å². The first-order chi connectivity index (χ1) is 16.3. The van der Waals surface area contributed by atoms with Gasteiger partial charge in [-0.2, -0.15) is 5.26 Å². The van der Waals surface area contributed by atoms with Crippen molar-refractivity contribution in [3.05, 3.63) is 41.0 Å². The number of rotatable bonds is 7. The highest BCUT2D eigenvalue weighted by Crippen LogP contribution is 2.30. The van der Waals surface area contributed by atoms with Gasteiger partial charge in [0.2, 0.25) is 0 Å². The third kappa shape index (κ3) is 5.81. The SMILES string of the molecule is CC(C)Nc1nc2c(nc1N1CCC(Oc3ccc(C#N)cc3F)CC1)CN(CS(=O)O)CC2. The van der Waals surface area contributed by atoms with E-state index in [4.69, 9.17) is 20.0 Å². The lowest BCUT2D eigenvalue weighted by Gasteiger charge is -2.35. The normalized spacial score (nSPS) is 17.8. The van der Waals surface area contributed by atoms with E-state index >= 15 is 0 Å². The fourth-order valence-corrected chi connectivity index (χ4v) is 4.80. The van der Waals surface area contributed by atoms with Crippen LogP contribution >= 0.6 is 0 Å². The zero-order valence-electron chi connectivity index (χ0n) is 19.3. The highest BCUT2D eigenvalue weighted by molar-refractivity contribution is 7.79. The van der Waals surface area contributed by atoms with Gasteiger partial charge in [0.25, 0.3) is 0 Å². The molecular weight excluding hydrogens is 459 g/mol. The van der Waals surface area contributed by atoms with E-state index in [1.807, 2.05) is 11.0 Å². The van der Waals surface area contributed by atoms with Crippen molar-refractivity contribution in [3.8, 4) is 11.8 Å². The maximum Gasteiger partial charge on any atom is 0.172 e. The fraction of sp³-hybridized carbons (Fsp3) is 0.522. The summed E-state index contributed by atoms with van der Waals surface area (Å²) in [6.45, 7) is 6.61. The number of hydrogen-bond acceptors (Lipinski definition) is 8. The molecule has 4 rings (SSSR count). The molecule has 1 atom stereocenters. The molecule has 0 saturated carbocycles. The summed E-state index contributed by atoms with van der Waals surface area (Å²) in [4.78, 5) is 13.9. The Kier molecular flexibility index (Phi) is 7.60. The number of fused-ring (bicyclic) bond motifs is 1. The summed E-state index contributed by atoms with van der Waals surface area (Å²) in [5, 5.41) is 12.3. The lowest BCUT2D eigenvalue weighted by molar-refractivity contribution is 0.163. The van der Waals surface area contributed by atoms with Gasteiger partial charge in [-0.05, 0) is 32.0 Å². The van der Waals surface area contributed by atoms with Crippen molar-refractivity contribution in [1.29, 1.82) is 5.26 Å². The number of anilines is 2. The van der Waals surface area contributed by atoms with E-state index in [2.05, 4.69) is 24.1 Å². The largest absolute Gasteiger partial charge is 0.487 e. The zero-order valence-corrected chi connectivity index (χ0v) is 20.1. The molecule has 0 amide bonds. The average molecular weight is 489 g/mol. The van der Waals surface area contributed by atoms with E-state index in [-0.39, 0.29) is 29.3 Å². The number of piperidine rings is 1. The molecule has 11 heteroatoms. The first-order valence-corrected chi connectivity index (χ1v) is 12.7. The summed E-state index contributed by atoms with van der Waals surface area (Å²) in [5.41, 5.74) is 2.01. The van der Waals surface area contributed by atoms with Crippen molar-refractivity contribution >= 4 is 22.7 Å². The predicted molar refractivity (Wildman–Crippen MR) is 128 cm³/mol. The molecule has 182 valence electrons. The Hall–Kier alpha value is -2.81. The van der Waals surface area contributed by atoms with Crippen LogP contribution in [0.4, 0.5) is 16.0 Å². The van der Waals surface area contributed by atoms with E-state index in [0.717, 1.165) is 23.0 Å². The van der Waals surface area contributed by atoms with Gasteiger partial charge in [0, 0.05) is 51.5 Å². The maximum atomic E-state index is 14.2. The molecule has 2 aromatic rings. The highest BCUT2D eigenvalue weighted by atomic mass is 32.2. The Labute approximate surface area is 201 Å². The molecule has 9 nitrogen and oxygen atoms in total. The van der Waals surface area contributed by atoms with Crippen LogP contribution in [0.3, 0.4) is 0 Å². The molecule has 1 aromatic carbocycles. The molecule has 1 unspecified atom stereocenters. The second-order valence-corrected chi connectivity index (χ2v) is 9.80. The number of benzene rings is 1. The van der Waals surface area contributed by atoms with E-state index in [0.29, 0.717) is 45.4 Å². The third-order valence-electron chi connectivity index (χ3n) is 5.89. The van der Waals surface area contributed by atoms with Crippen molar-refractivity contribution in [1.82, 2.24) is 14.9 Å². The van der Waals surface area contributed by atoms with Gasteiger partial charge in [0.1, 0.15) is 12.0 Å². The summed E-state index contributed by atoms with van der Waals surface area (Å²) in [6.07, 6.45) is 1.92. The van der Waals surface area contributed by atoms with Gasteiger partial charge in [-0.3, -0.25) is 4.90 Å². The minimum Gasteiger partial charge on any atom is -0.487 e. The van der Waals surface area contributed by atoms with Gasteiger partial charge >= 0.3 is 0 Å². The molecule has 0 aliphatic carbocycles. The second kappa shape index (κ2) is 10.6. The summed E-state index contributed by atoms with van der Waals surface area (Å²) in [5.74, 6) is 1.23. The van der Waals surface area contributed by atoms with E-state index < -0.39 is 16.9 Å². The number of nitrogens with one attached hydrogen (secondary N) is 1. The Balaban J connectivity index is 1.48. The monoisotopic (exact) mass is 488 g/mol. The van der Waals surface area contributed by atoms with Crippen LogP contribution in [0, 0.1) is 17.1 Å². The van der Waals surface area contributed by atoms with E-state index in [1.54, 1.807) is 6.07 Å². The number of hydrogen-bond donors (Lipinski definition) is 2. The van der Waals surface area contributed by atoms with Gasteiger partial charge in [-0.1, -0.05) is 0 Å². The van der Waals surface area contributed by atoms with Crippen molar-refractivity contribution in [2.24, 2.45) is 0 Å². The Bertz CT molecular complexity index is 1100. The van der Waals surface area contributed by atoms with E-state index in [1.165, 1.54) is 12.1 Å². The van der Waals surface area contributed by atoms with Crippen molar-refractivity contribution in [2.45, 2.75) is 51.8 Å². The molecule has 0 radical (unpaired) electrons. The average Bonchev–Trinajstić information content (AvgIpc) is 2.80. The fourth-order valence-electron chi connectivity index (χ4n) is 4.26. The van der Waals surface area contributed by atoms with Crippen LogP contribution in [0.2, 0.25) is 0 Å². The predicted octanol–water partition coefficient (Wildman–Crippen LogP) is 2.89. The third-order valence-corrected chi connectivity index (χ3v) is 6.47. The lowest BCUT2D eigenvalue weighted by atomic mass is 10.1. The van der Waals surface area contributed by atoms with Gasteiger partial charge in [0.15, 0.2) is 34.3 Å². The Morgan fingerprint density at radius 3 is 2.71 bits per heavy atom. The molecule has 1 aromatic heterocycles. The molecule has 0 bridgehead atoms. The van der Waals surface area contributed by atoms with Crippen LogP contribution in [0.25, 0.3) is 0 Å². The maximum absolute atomic E-state index is 14.2. The van der Waals surface area contributed by atoms with Gasteiger partial charge in [-0.25, -0.2) is 18.6 Å². The first-order valence-electron chi connectivity index (χ1n) is 11.4. The van der Waals surface area contributed by atoms with Crippen LogP contribution in [0.15, 0.2) is 18.2 Å². The van der Waals surface area contributed by atoms with Crippen molar-refractivity contribution < 1.29 is 17.9 Å². The van der Waals surface area contributed by atoms with Gasteiger partial charge in [0.05, 0.1) is 23.0 Å². The molecular formula is C23H29FN6O3S. The van der Waals surface area contributed by atoms with Crippen LogP contribution in [0.5, 0.6) is 5.75 Å². The number of nitrogens with zero attached hydrogens (tertiary/aromatic N) is 5. The van der Waals surface area contributed by atoms with E-state index in [9.17, 15) is 13.2 Å². The summed E-state index contributed by atoms with van der Waals surface area (Å²) in [7, 11) is 0. The molecule has 2 N–H and O–H groups in total. The molecule has 3 heterocycles. The Morgan fingerprint density at radius 1 is 1.29 bits per heavy atom. The van der Waals surface area contributed by atoms with Crippen LogP contribution in [-0.4, -0.2) is 61.3 Å². The number of aromatic nitrogens is 2. The van der Waals surface area contributed by atoms with Crippen LogP contribution < -0.4 is 15.0 Å². The second-order valence-electron chi connectivity index (χ2n) is 8.90. The lowest BCUT2D eigenvalue weighted by Crippen LogP contribution is -2.40. The zero-order chi connectivity index (χ0) is 24.2. The van der Waals surface area contributed by atoms with Gasteiger partial charge in [-0.15, -0.1) is 0 Å². The molecule has 0 spiro atoms. The smallest absolute Gasteiger partial charge is 0.172 e.